The van der Waals surface area contributed by atoms with Crippen molar-refractivity contribution in [3.63, 3.8) is 0 Å². The maximum absolute atomic E-state index is 6.72. The average molecular weight is 580 g/mol. The van der Waals surface area contributed by atoms with Crippen LogP contribution in [0.5, 0.6) is 0 Å². The lowest BCUT2D eigenvalue weighted by Gasteiger charge is -2.48. The summed E-state index contributed by atoms with van der Waals surface area (Å²) >= 11 is 6.72. The standard InChI is InChI=1S/C32H46ClN7O/c1-4-28-23-39(32-31(33)21-27(22-36-32)24(2)35-12-11-34)15-16-40(28)30-9-13-37(14-10-30)25(3)26-5-7-29(8-6-26)38-17-19-41-20-18-38/h5-8,11-12,21-22,25,28,30,35H,2,4,9-10,13-20,23,34H2,1,3H3/b12-11-/t25?,28-/m0/s1. The minimum absolute atomic E-state index is 0.433. The Labute approximate surface area is 250 Å². The second kappa shape index (κ2) is 13.9. The van der Waals surface area contributed by atoms with Gasteiger partial charge in [-0.1, -0.05) is 37.2 Å². The van der Waals surface area contributed by atoms with Gasteiger partial charge in [-0.2, -0.15) is 0 Å². The summed E-state index contributed by atoms with van der Waals surface area (Å²) in [4.78, 5) is 14.9. The van der Waals surface area contributed by atoms with Gasteiger partial charge in [0.15, 0.2) is 0 Å². The predicted octanol–water partition coefficient (Wildman–Crippen LogP) is 4.69. The molecular formula is C32H46ClN7O. The quantitative estimate of drug-likeness (QED) is 0.443. The van der Waals surface area contributed by atoms with Crippen LogP contribution >= 0.6 is 11.6 Å². The van der Waals surface area contributed by atoms with Gasteiger partial charge >= 0.3 is 0 Å². The molecule has 0 aliphatic carbocycles. The number of halogens is 1. The molecular weight excluding hydrogens is 534 g/mol. The van der Waals surface area contributed by atoms with E-state index in [0.717, 1.165) is 82.5 Å². The Morgan fingerprint density at radius 1 is 1.12 bits per heavy atom. The SMILES string of the molecule is C=C(N/C=C\N)c1cnc(N2CCN(C3CCN(C(C)c4ccc(N5CCOCC5)cc4)CC3)[C@@H](CC)C2)c(Cl)c1. The summed E-state index contributed by atoms with van der Waals surface area (Å²) in [6, 6.07) is 12.7. The number of hydrogen-bond acceptors (Lipinski definition) is 8. The van der Waals surface area contributed by atoms with Crippen LogP contribution in [0.15, 0.2) is 55.5 Å². The fourth-order valence-corrected chi connectivity index (χ4v) is 6.85. The summed E-state index contributed by atoms with van der Waals surface area (Å²) in [5, 5.41) is 3.70. The van der Waals surface area contributed by atoms with Gasteiger partial charge in [0.1, 0.15) is 5.82 Å². The molecule has 0 saturated carbocycles. The lowest BCUT2D eigenvalue weighted by Crippen LogP contribution is -2.58. The topological polar surface area (TPSA) is 73.1 Å². The van der Waals surface area contributed by atoms with Crippen LogP contribution in [0.3, 0.4) is 0 Å². The van der Waals surface area contributed by atoms with E-state index in [-0.39, 0.29) is 0 Å². The highest BCUT2D eigenvalue weighted by atomic mass is 35.5. The van der Waals surface area contributed by atoms with E-state index in [1.54, 1.807) is 6.20 Å². The summed E-state index contributed by atoms with van der Waals surface area (Å²) in [5.41, 5.74) is 9.72. The van der Waals surface area contributed by atoms with Gasteiger partial charge < -0.3 is 25.6 Å². The minimum atomic E-state index is 0.433. The second-order valence-corrected chi connectivity index (χ2v) is 11.8. The second-order valence-electron chi connectivity index (χ2n) is 11.4. The van der Waals surface area contributed by atoms with Gasteiger partial charge in [0, 0.05) is 99.5 Å². The Morgan fingerprint density at radius 2 is 1.85 bits per heavy atom. The molecule has 1 unspecified atom stereocenters. The van der Waals surface area contributed by atoms with E-state index in [0.29, 0.717) is 23.1 Å². The number of nitrogens with zero attached hydrogens (tertiary/aromatic N) is 5. The van der Waals surface area contributed by atoms with Crippen LogP contribution in [0.25, 0.3) is 5.70 Å². The summed E-state index contributed by atoms with van der Waals surface area (Å²) in [7, 11) is 0. The van der Waals surface area contributed by atoms with Crippen molar-refractivity contribution in [3.8, 4) is 0 Å². The fourth-order valence-electron chi connectivity index (χ4n) is 6.57. The van der Waals surface area contributed by atoms with E-state index in [2.05, 4.69) is 69.6 Å². The Hall–Kier alpha value is -2.78. The third kappa shape index (κ3) is 7.00. The largest absolute Gasteiger partial charge is 0.403 e. The molecule has 1 aromatic heterocycles. The maximum Gasteiger partial charge on any atom is 0.147 e. The van der Waals surface area contributed by atoms with E-state index < -0.39 is 0 Å². The van der Waals surface area contributed by atoms with E-state index >= 15 is 0 Å². The summed E-state index contributed by atoms with van der Waals surface area (Å²) in [6.45, 7) is 17.5. The summed E-state index contributed by atoms with van der Waals surface area (Å²) < 4.78 is 5.51. The predicted molar refractivity (Wildman–Crippen MR) is 170 cm³/mol. The lowest BCUT2D eigenvalue weighted by molar-refractivity contribution is 0.0515. The van der Waals surface area contributed by atoms with Crippen LogP contribution < -0.4 is 20.9 Å². The van der Waals surface area contributed by atoms with E-state index in [9.17, 15) is 0 Å². The van der Waals surface area contributed by atoms with Crippen LogP contribution in [0.4, 0.5) is 11.5 Å². The molecule has 3 aliphatic heterocycles. The van der Waals surface area contributed by atoms with Crippen LogP contribution in [-0.2, 0) is 4.74 Å². The molecule has 9 heteroatoms. The number of nitrogens with two attached hydrogens (primary N) is 1. The molecule has 3 N–H and O–H groups in total. The normalized spacial score (nSPS) is 22.3. The van der Waals surface area contributed by atoms with Crippen molar-refractivity contribution in [2.24, 2.45) is 5.73 Å². The first-order valence-electron chi connectivity index (χ1n) is 15.1. The molecule has 0 spiro atoms. The first-order valence-corrected chi connectivity index (χ1v) is 15.5. The van der Waals surface area contributed by atoms with Gasteiger partial charge in [-0.15, -0.1) is 0 Å². The third-order valence-electron chi connectivity index (χ3n) is 9.09. The zero-order chi connectivity index (χ0) is 28.8. The van der Waals surface area contributed by atoms with E-state index in [1.165, 1.54) is 30.3 Å². The highest BCUT2D eigenvalue weighted by molar-refractivity contribution is 6.33. The Morgan fingerprint density at radius 3 is 2.51 bits per heavy atom. The number of ether oxygens (including phenoxy) is 1. The van der Waals surface area contributed by atoms with Crippen molar-refractivity contribution in [2.75, 3.05) is 68.8 Å². The number of benzene rings is 1. The Bertz CT molecular complexity index is 1180. The zero-order valence-corrected chi connectivity index (χ0v) is 25.4. The first kappa shape index (κ1) is 29.7. The molecule has 0 amide bonds. The van der Waals surface area contributed by atoms with Gasteiger partial charge in [-0.05, 0) is 49.9 Å². The smallest absolute Gasteiger partial charge is 0.147 e. The number of likely N-dealkylation sites (tertiary alicyclic amines) is 1. The van der Waals surface area contributed by atoms with Crippen LogP contribution in [0.2, 0.25) is 5.02 Å². The fraction of sp³-hybridized carbons (Fsp3) is 0.531. The number of rotatable bonds is 9. The van der Waals surface area contributed by atoms with Gasteiger partial charge in [0.2, 0.25) is 0 Å². The summed E-state index contributed by atoms with van der Waals surface area (Å²) in [5.74, 6) is 0.860. The first-order chi connectivity index (χ1) is 20.0. The third-order valence-corrected chi connectivity index (χ3v) is 9.37. The summed E-state index contributed by atoms with van der Waals surface area (Å²) in [6.07, 6.45) is 8.46. The van der Waals surface area contributed by atoms with Crippen molar-refractivity contribution >= 4 is 28.8 Å². The number of piperidine rings is 1. The minimum Gasteiger partial charge on any atom is -0.403 e. The molecule has 3 aliphatic rings. The van der Waals surface area contributed by atoms with Crippen molar-refractivity contribution in [1.82, 2.24) is 20.1 Å². The molecule has 4 heterocycles. The molecule has 3 saturated heterocycles. The van der Waals surface area contributed by atoms with Gasteiger partial charge in [-0.25, -0.2) is 4.98 Å². The van der Waals surface area contributed by atoms with Gasteiger partial charge in [0.05, 0.1) is 18.2 Å². The molecule has 41 heavy (non-hydrogen) atoms. The van der Waals surface area contributed by atoms with E-state index in [4.69, 9.17) is 27.1 Å². The molecule has 8 nitrogen and oxygen atoms in total. The number of morpholine rings is 1. The number of pyridine rings is 1. The van der Waals surface area contributed by atoms with Crippen LogP contribution in [-0.4, -0.2) is 85.9 Å². The highest BCUT2D eigenvalue weighted by Gasteiger charge is 2.34. The Balaban J connectivity index is 1.14. The van der Waals surface area contributed by atoms with Crippen LogP contribution in [0, 0.1) is 0 Å². The van der Waals surface area contributed by atoms with Crippen LogP contribution in [0.1, 0.15) is 50.3 Å². The number of hydrogen-bond donors (Lipinski definition) is 2. The van der Waals surface area contributed by atoms with Crippen molar-refractivity contribution in [1.29, 1.82) is 0 Å². The molecule has 1 aromatic carbocycles. The highest BCUT2D eigenvalue weighted by Crippen LogP contribution is 2.32. The van der Waals surface area contributed by atoms with Crippen molar-refractivity contribution < 1.29 is 4.74 Å². The zero-order valence-electron chi connectivity index (χ0n) is 24.6. The molecule has 2 atom stereocenters. The number of aromatic nitrogens is 1. The molecule has 222 valence electrons. The number of piperazine rings is 1. The van der Waals surface area contributed by atoms with Crippen molar-refractivity contribution in [2.45, 2.75) is 51.2 Å². The molecule has 2 aromatic rings. The van der Waals surface area contributed by atoms with Gasteiger partial charge in [0.25, 0.3) is 0 Å². The molecule has 0 radical (unpaired) electrons. The van der Waals surface area contributed by atoms with E-state index in [1.807, 2.05) is 12.3 Å². The van der Waals surface area contributed by atoms with Gasteiger partial charge in [-0.3, -0.25) is 9.80 Å². The average Bonchev–Trinajstić information content (AvgIpc) is 3.03. The molecule has 5 rings (SSSR count). The lowest BCUT2D eigenvalue weighted by atomic mass is 9.96. The molecule has 0 bridgehead atoms. The maximum atomic E-state index is 6.72. The number of anilines is 2. The Kier molecular flexibility index (Phi) is 10.1. The monoisotopic (exact) mass is 579 g/mol. The van der Waals surface area contributed by atoms with Crippen molar-refractivity contribution in [3.05, 3.63) is 71.7 Å². The molecule has 3 fully saturated rings. The number of nitrogens with one attached hydrogen (secondary N) is 1.